The van der Waals surface area contributed by atoms with Gasteiger partial charge in [-0.1, -0.05) is 17.7 Å². The molecule has 0 radical (unpaired) electrons. The summed E-state index contributed by atoms with van der Waals surface area (Å²) >= 11 is 6.44. The highest BCUT2D eigenvalue weighted by Gasteiger charge is 2.20. The number of nitrogens with one attached hydrogen (secondary N) is 1. The Hall–Kier alpha value is -3.49. The number of nitrogens with zero attached hydrogens (tertiary/aromatic N) is 5. The normalized spacial score (nSPS) is 14.9. The van der Waals surface area contributed by atoms with Crippen molar-refractivity contribution in [2.45, 2.75) is 6.92 Å². The Kier molecular flexibility index (Phi) is 5.24. The van der Waals surface area contributed by atoms with Crippen molar-refractivity contribution in [2.24, 2.45) is 10.7 Å². The summed E-state index contributed by atoms with van der Waals surface area (Å²) in [7, 11) is 0. The number of rotatable bonds is 4. The van der Waals surface area contributed by atoms with Crippen LogP contribution in [0.1, 0.15) is 11.4 Å². The van der Waals surface area contributed by atoms with Crippen molar-refractivity contribution >= 4 is 51.4 Å². The fourth-order valence-electron chi connectivity index (χ4n) is 4.17. The first-order chi connectivity index (χ1) is 15.6. The van der Waals surface area contributed by atoms with Gasteiger partial charge in [-0.15, -0.1) is 0 Å². The van der Waals surface area contributed by atoms with E-state index in [1.165, 1.54) is 0 Å². The summed E-state index contributed by atoms with van der Waals surface area (Å²) in [6.07, 6.45) is 2.77. The SMILES string of the molecule is Cc1nc2c(C(N)=NC=N)cc(N3CCOCC3)cc2n1-c1cnc2cccc(Cl)c2c1. The van der Waals surface area contributed by atoms with Crippen LogP contribution in [0, 0.1) is 12.3 Å². The van der Waals surface area contributed by atoms with Crippen LogP contribution < -0.4 is 10.6 Å². The lowest BCUT2D eigenvalue weighted by atomic mass is 10.1. The molecule has 32 heavy (non-hydrogen) atoms. The summed E-state index contributed by atoms with van der Waals surface area (Å²) in [6, 6.07) is 11.8. The molecule has 2 aromatic carbocycles. The summed E-state index contributed by atoms with van der Waals surface area (Å²) < 4.78 is 7.57. The van der Waals surface area contributed by atoms with E-state index in [-0.39, 0.29) is 5.84 Å². The fourth-order valence-corrected chi connectivity index (χ4v) is 4.39. The lowest BCUT2D eigenvalue weighted by Crippen LogP contribution is -2.36. The number of ether oxygens (including phenoxy) is 1. The molecule has 0 bridgehead atoms. The highest BCUT2D eigenvalue weighted by molar-refractivity contribution is 6.35. The molecule has 0 unspecified atom stereocenters. The van der Waals surface area contributed by atoms with Crippen LogP contribution in [0.4, 0.5) is 5.69 Å². The molecule has 1 aliphatic heterocycles. The van der Waals surface area contributed by atoms with Gasteiger partial charge in [-0.25, -0.2) is 9.98 Å². The van der Waals surface area contributed by atoms with Gasteiger partial charge in [0, 0.05) is 29.7 Å². The van der Waals surface area contributed by atoms with E-state index in [9.17, 15) is 0 Å². The summed E-state index contributed by atoms with van der Waals surface area (Å²) in [5, 5.41) is 8.88. The third-order valence-corrected chi connectivity index (χ3v) is 6.01. The van der Waals surface area contributed by atoms with Crippen molar-refractivity contribution in [3.05, 3.63) is 59.0 Å². The average Bonchev–Trinajstić information content (AvgIpc) is 3.15. The maximum atomic E-state index is 7.35. The van der Waals surface area contributed by atoms with E-state index in [1.54, 1.807) is 0 Å². The smallest absolute Gasteiger partial charge is 0.134 e. The average molecular weight is 448 g/mol. The van der Waals surface area contributed by atoms with Gasteiger partial charge in [-0.05, 0) is 37.3 Å². The van der Waals surface area contributed by atoms with Crippen LogP contribution in [0.25, 0.3) is 27.6 Å². The summed E-state index contributed by atoms with van der Waals surface area (Å²) in [5.41, 5.74) is 11.2. The zero-order valence-electron chi connectivity index (χ0n) is 17.5. The van der Waals surface area contributed by atoms with Crippen LogP contribution in [-0.4, -0.2) is 53.0 Å². The summed E-state index contributed by atoms with van der Waals surface area (Å²) in [4.78, 5) is 15.7. The van der Waals surface area contributed by atoms with Gasteiger partial charge >= 0.3 is 0 Å². The minimum atomic E-state index is 0.254. The van der Waals surface area contributed by atoms with Gasteiger partial charge in [0.1, 0.15) is 23.5 Å². The molecule has 0 saturated carbocycles. The topological polar surface area (TPSA) is 105 Å². The molecule has 1 fully saturated rings. The molecule has 5 rings (SSSR count). The van der Waals surface area contributed by atoms with Crippen molar-refractivity contribution in [2.75, 3.05) is 31.2 Å². The van der Waals surface area contributed by atoms with Crippen LogP contribution in [0.3, 0.4) is 0 Å². The number of morpholine rings is 1. The molecular weight excluding hydrogens is 426 g/mol. The molecule has 3 heterocycles. The predicted octanol–water partition coefficient (Wildman–Crippen LogP) is 3.68. The highest BCUT2D eigenvalue weighted by atomic mass is 35.5. The van der Waals surface area contributed by atoms with Gasteiger partial charge in [0.05, 0.1) is 41.2 Å². The first-order valence-corrected chi connectivity index (χ1v) is 10.7. The second kappa shape index (κ2) is 8.22. The Bertz CT molecular complexity index is 1370. The number of nitrogens with two attached hydrogens (primary N) is 1. The van der Waals surface area contributed by atoms with Gasteiger partial charge in [0.15, 0.2) is 0 Å². The molecule has 0 aliphatic carbocycles. The Morgan fingerprint density at radius 1 is 1.22 bits per heavy atom. The summed E-state index contributed by atoms with van der Waals surface area (Å²) in [6.45, 7) is 4.85. The molecule has 0 amide bonds. The quantitative estimate of drug-likeness (QED) is 0.366. The highest BCUT2D eigenvalue weighted by Crippen LogP contribution is 2.31. The number of fused-ring (bicyclic) bond motifs is 2. The molecule has 1 saturated heterocycles. The zero-order valence-corrected chi connectivity index (χ0v) is 18.3. The molecule has 3 N–H and O–H groups in total. The zero-order chi connectivity index (χ0) is 22.2. The van der Waals surface area contributed by atoms with Crippen molar-refractivity contribution in [1.82, 2.24) is 14.5 Å². The molecule has 4 aromatic rings. The van der Waals surface area contributed by atoms with E-state index in [4.69, 9.17) is 32.5 Å². The molecule has 1 aliphatic rings. The number of imidazole rings is 1. The summed E-state index contributed by atoms with van der Waals surface area (Å²) in [5.74, 6) is 1.04. The Labute approximate surface area is 189 Å². The fraction of sp³-hybridized carbons (Fsp3) is 0.217. The van der Waals surface area contributed by atoms with Crippen molar-refractivity contribution in [1.29, 1.82) is 5.41 Å². The van der Waals surface area contributed by atoms with Crippen molar-refractivity contribution < 1.29 is 4.74 Å². The van der Waals surface area contributed by atoms with E-state index in [0.29, 0.717) is 23.8 Å². The number of pyridine rings is 1. The number of anilines is 1. The predicted molar refractivity (Wildman–Crippen MR) is 129 cm³/mol. The molecular formula is C23H22ClN7O. The largest absolute Gasteiger partial charge is 0.383 e. The van der Waals surface area contributed by atoms with Crippen LogP contribution >= 0.6 is 11.6 Å². The van der Waals surface area contributed by atoms with Gasteiger partial charge < -0.3 is 15.4 Å². The Balaban J connectivity index is 1.77. The van der Waals surface area contributed by atoms with Crippen LogP contribution in [0.5, 0.6) is 0 Å². The lowest BCUT2D eigenvalue weighted by molar-refractivity contribution is 0.122. The van der Waals surface area contributed by atoms with E-state index < -0.39 is 0 Å². The molecule has 9 heteroatoms. The minimum absolute atomic E-state index is 0.254. The number of aromatic nitrogens is 3. The number of halogens is 1. The van der Waals surface area contributed by atoms with Crippen LogP contribution in [0.2, 0.25) is 5.02 Å². The van der Waals surface area contributed by atoms with E-state index in [2.05, 4.69) is 25.5 Å². The van der Waals surface area contributed by atoms with Gasteiger partial charge in [-0.3, -0.25) is 15.0 Å². The standard InChI is InChI=1S/C23H22ClN7O/c1-14-29-22-18(23(26)28-13-25)9-15(30-5-7-32-8-6-30)11-21(22)31(14)16-10-17-19(24)3-2-4-20(17)27-12-16/h2-4,9-13H,5-8H2,1H3,(H3,25,26,28). The van der Waals surface area contributed by atoms with Crippen LogP contribution in [0.15, 0.2) is 47.6 Å². The molecule has 0 atom stereocenters. The molecule has 8 nitrogen and oxygen atoms in total. The number of hydrogen-bond acceptors (Lipinski definition) is 5. The van der Waals surface area contributed by atoms with E-state index in [0.717, 1.165) is 58.6 Å². The van der Waals surface area contributed by atoms with Gasteiger partial charge in [0.25, 0.3) is 0 Å². The first-order valence-electron chi connectivity index (χ1n) is 10.3. The number of aryl methyl sites for hydroxylation is 1. The second-order valence-corrected chi connectivity index (χ2v) is 8.01. The lowest BCUT2D eigenvalue weighted by Gasteiger charge is -2.29. The van der Waals surface area contributed by atoms with E-state index >= 15 is 0 Å². The molecule has 0 spiro atoms. The number of aliphatic imine (C=N–C) groups is 1. The molecule has 162 valence electrons. The minimum Gasteiger partial charge on any atom is -0.383 e. The Morgan fingerprint density at radius 2 is 2.03 bits per heavy atom. The number of amidine groups is 1. The van der Waals surface area contributed by atoms with Gasteiger partial charge in [-0.2, -0.15) is 0 Å². The monoisotopic (exact) mass is 447 g/mol. The van der Waals surface area contributed by atoms with Crippen LogP contribution in [-0.2, 0) is 4.74 Å². The maximum absolute atomic E-state index is 7.35. The molecule has 2 aromatic heterocycles. The van der Waals surface area contributed by atoms with Crippen molar-refractivity contribution in [3.63, 3.8) is 0 Å². The first kappa shape index (κ1) is 20.4. The van der Waals surface area contributed by atoms with Crippen molar-refractivity contribution in [3.8, 4) is 5.69 Å². The second-order valence-electron chi connectivity index (χ2n) is 7.60. The third-order valence-electron chi connectivity index (χ3n) is 5.68. The van der Waals surface area contributed by atoms with Gasteiger partial charge in [0.2, 0.25) is 0 Å². The Morgan fingerprint density at radius 3 is 2.81 bits per heavy atom. The number of hydrogen-bond donors (Lipinski definition) is 2. The maximum Gasteiger partial charge on any atom is 0.134 e. The third kappa shape index (κ3) is 3.47. The number of benzene rings is 2. The van der Waals surface area contributed by atoms with E-state index in [1.807, 2.05) is 43.5 Å².